The van der Waals surface area contributed by atoms with Crippen molar-refractivity contribution in [1.29, 1.82) is 0 Å². The lowest BCUT2D eigenvalue weighted by molar-refractivity contribution is 0.0954. The van der Waals surface area contributed by atoms with Crippen molar-refractivity contribution in [2.24, 2.45) is 0 Å². The number of carbonyl (C=O) groups is 1. The summed E-state index contributed by atoms with van der Waals surface area (Å²) in [6.07, 6.45) is 0.727. The Morgan fingerprint density at radius 3 is 2.40 bits per heavy atom. The lowest BCUT2D eigenvalue weighted by Gasteiger charge is -2.12. The summed E-state index contributed by atoms with van der Waals surface area (Å²) in [7, 11) is 0. The second-order valence-electron chi connectivity index (χ2n) is 7.34. The predicted molar refractivity (Wildman–Crippen MR) is 122 cm³/mol. The Kier molecular flexibility index (Phi) is 7.03. The van der Waals surface area contributed by atoms with E-state index in [2.05, 4.69) is 36.7 Å². The minimum absolute atomic E-state index is 0.0471. The van der Waals surface area contributed by atoms with E-state index in [0.29, 0.717) is 25.3 Å². The molecule has 1 amide bonds. The standard InChI is InChI=1S/C25H32N2O3/c1-6-27-18(5)17(4)21-16-20(10-11-22(21)27)25(28)26-14-13-19-9-12-23(29-7-2)24(15-19)30-8-3/h9-12,15-16H,6-8,13-14H2,1-5H3,(H,26,28). The molecular formula is C25H32N2O3. The number of carbonyl (C=O) groups excluding carboxylic acids is 1. The van der Waals surface area contributed by atoms with Crippen molar-refractivity contribution in [2.75, 3.05) is 19.8 Å². The Morgan fingerprint density at radius 2 is 1.70 bits per heavy atom. The summed E-state index contributed by atoms with van der Waals surface area (Å²) in [6.45, 7) is 13.0. The van der Waals surface area contributed by atoms with Gasteiger partial charge in [0.05, 0.1) is 13.2 Å². The molecule has 5 heteroatoms. The Hall–Kier alpha value is -2.95. The molecule has 0 saturated carbocycles. The molecular weight excluding hydrogens is 376 g/mol. The van der Waals surface area contributed by atoms with E-state index in [4.69, 9.17) is 9.47 Å². The molecule has 1 N–H and O–H groups in total. The fraction of sp³-hybridized carbons (Fsp3) is 0.400. The van der Waals surface area contributed by atoms with Crippen molar-refractivity contribution in [2.45, 2.75) is 47.6 Å². The van der Waals surface area contributed by atoms with Gasteiger partial charge in [-0.3, -0.25) is 4.79 Å². The molecule has 0 aliphatic rings. The molecule has 0 aliphatic heterocycles. The SMILES string of the molecule is CCOc1ccc(CCNC(=O)c2ccc3c(c2)c(C)c(C)n3CC)cc1OCC. The van der Waals surface area contributed by atoms with Crippen LogP contribution in [0.4, 0.5) is 0 Å². The van der Waals surface area contributed by atoms with Crippen molar-refractivity contribution in [1.82, 2.24) is 9.88 Å². The number of hydrogen-bond acceptors (Lipinski definition) is 3. The van der Waals surface area contributed by atoms with Gasteiger partial charge in [-0.05, 0) is 82.5 Å². The molecule has 3 rings (SSSR count). The highest BCUT2D eigenvalue weighted by atomic mass is 16.5. The largest absolute Gasteiger partial charge is 0.490 e. The third kappa shape index (κ3) is 4.45. The molecule has 160 valence electrons. The molecule has 1 aromatic heterocycles. The highest BCUT2D eigenvalue weighted by Crippen LogP contribution is 2.29. The van der Waals surface area contributed by atoms with Crippen molar-refractivity contribution < 1.29 is 14.3 Å². The van der Waals surface area contributed by atoms with Gasteiger partial charge in [0.1, 0.15) is 0 Å². The van der Waals surface area contributed by atoms with Crippen LogP contribution in [0.1, 0.15) is 48.0 Å². The number of nitrogens with one attached hydrogen (secondary N) is 1. The van der Waals surface area contributed by atoms with Crippen LogP contribution in [-0.4, -0.2) is 30.2 Å². The number of fused-ring (bicyclic) bond motifs is 1. The first-order valence-corrected chi connectivity index (χ1v) is 10.8. The molecule has 1 heterocycles. The Morgan fingerprint density at radius 1 is 0.967 bits per heavy atom. The number of hydrogen-bond donors (Lipinski definition) is 1. The van der Waals surface area contributed by atoms with E-state index in [9.17, 15) is 4.79 Å². The summed E-state index contributed by atoms with van der Waals surface area (Å²) in [5.41, 5.74) is 5.47. The van der Waals surface area contributed by atoms with Gasteiger partial charge in [-0.25, -0.2) is 0 Å². The van der Waals surface area contributed by atoms with Gasteiger partial charge in [0.15, 0.2) is 11.5 Å². The molecule has 0 fully saturated rings. The first kappa shape index (κ1) is 21.8. The second kappa shape index (κ2) is 9.70. The fourth-order valence-electron chi connectivity index (χ4n) is 3.87. The van der Waals surface area contributed by atoms with E-state index >= 15 is 0 Å². The lowest BCUT2D eigenvalue weighted by atomic mass is 10.1. The molecule has 5 nitrogen and oxygen atoms in total. The van der Waals surface area contributed by atoms with Gasteiger partial charge in [-0.2, -0.15) is 0 Å². The van der Waals surface area contributed by atoms with Crippen LogP contribution in [0.15, 0.2) is 36.4 Å². The first-order valence-electron chi connectivity index (χ1n) is 10.8. The van der Waals surface area contributed by atoms with Crippen LogP contribution in [0, 0.1) is 13.8 Å². The molecule has 0 saturated heterocycles. The lowest BCUT2D eigenvalue weighted by Crippen LogP contribution is -2.25. The third-order valence-corrected chi connectivity index (χ3v) is 5.52. The third-order valence-electron chi connectivity index (χ3n) is 5.52. The average Bonchev–Trinajstić information content (AvgIpc) is 2.99. The topological polar surface area (TPSA) is 52.5 Å². The molecule has 0 atom stereocenters. The molecule has 2 aromatic carbocycles. The van der Waals surface area contributed by atoms with Crippen molar-refractivity contribution in [3.05, 3.63) is 58.8 Å². The number of amides is 1. The van der Waals surface area contributed by atoms with Crippen molar-refractivity contribution in [3.63, 3.8) is 0 Å². The molecule has 0 aliphatic carbocycles. The Labute approximate surface area is 179 Å². The van der Waals surface area contributed by atoms with E-state index in [-0.39, 0.29) is 5.91 Å². The van der Waals surface area contributed by atoms with Crippen LogP contribution in [0.3, 0.4) is 0 Å². The fourth-order valence-corrected chi connectivity index (χ4v) is 3.87. The zero-order valence-electron chi connectivity index (χ0n) is 18.7. The molecule has 0 unspecified atom stereocenters. The maximum atomic E-state index is 12.7. The molecule has 0 bridgehead atoms. The predicted octanol–water partition coefficient (Wildman–Crippen LogP) is 5.05. The van der Waals surface area contributed by atoms with Crippen LogP contribution >= 0.6 is 0 Å². The van der Waals surface area contributed by atoms with Crippen LogP contribution in [0.2, 0.25) is 0 Å². The summed E-state index contributed by atoms with van der Waals surface area (Å²) >= 11 is 0. The summed E-state index contributed by atoms with van der Waals surface area (Å²) in [4.78, 5) is 12.7. The van der Waals surface area contributed by atoms with E-state index < -0.39 is 0 Å². The highest BCUT2D eigenvalue weighted by molar-refractivity contribution is 5.99. The number of ether oxygens (including phenoxy) is 2. The molecule has 0 radical (unpaired) electrons. The van der Waals surface area contributed by atoms with Crippen LogP contribution < -0.4 is 14.8 Å². The van der Waals surface area contributed by atoms with Crippen molar-refractivity contribution >= 4 is 16.8 Å². The van der Waals surface area contributed by atoms with Crippen LogP contribution in [-0.2, 0) is 13.0 Å². The zero-order chi connectivity index (χ0) is 21.7. The number of aryl methyl sites for hydroxylation is 2. The summed E-state index contributed by atoms with van der Waals surface area (Å²) in [5, 5.41) is 4.19. The van der Waals surface area contributed by atoms with Gasteiger partial charge < -0.3 is 19.4 Å². The number of rotatable bonds is 9. The summed E-state index contributed by atoms with van der Waals surface area (Å²) in [6, 6.07) is 11.9. The monoisotopic (exact) mass is 408 g/mol. The van der Waals surface area contributed by atoms with E-state index in [1.165, 1.54) is 16.8 Å². The van der Waals surface area contributed by atoms with E-state index in [1.54, 1.807) is 0 Å². The second-order valence-corrected chi connectivity index (χ2v) is 7.34. The normalized spacial score (nSPS) is 11.0. The van der Waals surface area contributed by atoms with Gasteiger partial charge >= 0.3 is 0 Å². The number of nitrogens with zero attached hydrogens (tertiary/aromatic N) is 1. The van der Waals surface area contributed by atoms with Crippen molar-refractivity contribution in [3.8, 4) is 11.5 Å². The first-order chi connectivity index (χ1) is 14.5. The highest BCUT2D eigenvalue weighted by Gasteiger charge is 2.13. The zero-order valence-corrected chi connectivity index (χ0v) is 18.7. The molecule has 0 spiro atoms. The Bertz CT molecular complexity index is 1040. The maximum absolute atomic E-state index is 12.7. The van der Waals surface area contributed by atoms with Gasteiger partial charge in [0.25, 0.3) is 5.91 Å². The molecule has 3 aromatic rings. The van der Waals surface area contributed by atoms with Gasteiger partial charge in [-0.15, -0.1) is 0 Å². The van der Waals surface area contributed by atoms with Gasteiger partial charge in [0.2, 0.25) is 0 Å². The number of benzene rings is 2. The smallest absolute Gasteiger partial charge is 0.251 e. The van der Waals surface area contributed by atoms with Crippen LogP contribution in [0.5, 0.6) is 11.5 Å². The summed E-state index contributed by atoms with van der Waals surface area (Å²) < 4.78 is 13.6. The van der Waals surface area contributed by atoms with E-state index in [1.807, 2.05) is 44.2 Å². The van der Waals surface area contributed by atoms with E-state index in [0.717, 1.165) is 35.4 Å². The number of aromatic nitrogens is 1. The van der Waals surface area contributed by atoms with Gasteiger partial charge in [0, 0.05) is 35.2 Å². The maximum Gasteiger partial charge on any atom is 0.251 e. The van der Waals surface area contributed by atoms with Gasteiger partial charge in [-0.1, -0.05) is 6.07 Å². The molecule has 30 heavy (non-hydrogen) atoms. The quantitative estimate of drug-likeness (QED) is 0.539. The minimum Gasteiger partial charge on any atom is -0.490 e. The minimum atomic E-state index is -0.0471. The summed E-state index contributed by atoms with van der Waals surface area (Å²) in [5.74, 6) is 1.46. The Balaban J connectivity index is 1.67. The average molecular weight is 409 g/mol. The van der Waals surface area contributed by atoms with Crippen LogP contribution in [0.25, 0.3) is 10.9 Å².